The fourth-order valence-corrected chi connectivity index (χ4v) is 3.49. The molecule has 0 aromatic heterocycles. The molecule has 0 spiro atoms. The van der Waals surface area contributed by atoms with Gasteiger partial charge in [0.1, 0.15) is 5.75 Å². The fraction of sp³-hybridized carbons (Fsp3) is 0. The normalized spacial score (nSPS) is 10.3. The lowest BCUT2D eigenvalue weighted by Crippen LogP contribution is -2.25. The molecule has 4 N–H and O–H groups in total. The SMILES string of the molecule is O=C(Nc1cc(NC(=O)c2ccccc2)cc(C(=O)Nc2ccc(O)cc2C(=O)[O-])c1)c1ccccc1. The van der Waals surface area contributed by atoms with Crippen LogP contribution in [-0.2, 0) is 0 Å². The van der Waals surface area contributed by atoms with Crippen molar-refractivity contribution in [1.29, 1.82) is 0 Å². The van der Waals surface area contributed by atoms with Gasteiger partial charge in [0, 0.05) is 33.6 Å². The van der Waals surface area contributed by atoms with E-state index in [2.05, 4.69) is 16.0 Å². The summed E-state index contributed by atoms with van der Waals surface area (Å²) in [6.07, 6.45) is 0. The Morgan fingerprint density at radius 1 is 0.568 bits per heavy atom. The quantitative estimate of drug-likeness (QED) is 0.289. The van der Waals surface area contributed by atoms with Crippen LogP contribution in [0, 0.1) is 0 Å². The van der Waals surface area contributed by atoms with E-state index in [1.165, 1.54) is 30.3 Å². The first-order valence-electron chi connectivity index (χ1n) is 11.0. The number of phenols is 1. The van der Waals surface area contributed by atoms with Crippen LogP contribution in [0.15, 0.2) is 97.1 Å². The standard InChI is InChI=1S/C28H21N3O6/c32-22-11-12-24(23(16-22)28(36)37)31-27(35)19-13-20(29-25(33)17-7-3-1-4-8-17)15-21(14-19)30-26(34)18-9-5-2-6-10-18/h1-16,32H,(H,29,33)(H,30,34)(H,31,35)(H,36,37)/p-1. The van der Waals surface area contributed by atoms with E-state index >= 15 is 0 Å². The van der Waals surface area contributed by atoms with E-state index < -0.39 is 29.3 Å². The summed E-state index contributed by atoms with van der Waals surface area (Å²) in [5.41, 5.74) is 0.707. The highest BCUT2D eigenvalue weighted by molar-refractivity contribution is 6.11. The average Bonchev–Trinajstić information content (AvgIpc) is 2.90. The van der Waals surface area contributed by atoms with Gasteiger partial charge in [0.2, 0.25) is 0 Å². The maximum atomic E-state index is 13.1. The van der Waals surface area contributed by atoms with E-state index in [1.54, 1.807) is 60.7 Å². The van der Waals surface area contributed by atoms with Gasteiger partial charge in [-0.1, -0.05) is 36.4 Å². The van der Waals surface area contributed by atoms with Gasteiger partial charge in [-0.25, -0.2) is 0 Å². The molecule has 9 nitrogen and oxygen atoms in total. The average molecular weight is 494 g/mol. The first-order chi connectivity index (χ1) is 17.8. The minimum Gasteiger partial charge on any atom is -0.545 e. The van der Waals surface area contributed by atoms with Gasteiger partial charge >= 0.3 is 0 Å². The molecular weight excluding hydrogens is 474 g/mol. The van der Waals surface area contributed by atoms with Crippen molar-refractivity contribution >= 4 is 40.8 Å². The number of carbonyl (C=O) groups is 4. The minimum absolute atomic E-state index is 0.0200. The Balaban J connectivity index is 1.66. The number of phenolic OH excluding ortho intramolecular Hbond substituents is 1. The molecule has 0 atom stereocenters. The van der Waals surface area contributed by atoms with Crippen LogP contribution in [-0.4, -0.2) is 28.8 Å². The van der Waals surface area contributed by atoms with Crippen molar-refractivity contribution in [2.24, 2.45) is 0 Å². The predicted octanol–water partition coefficient (Wildman–Crippen LogP) is 3.51. The molecule has 4 aromatic rings. The van der Waals surface area contributed by atoms with Crippen molar-refractivity contribution in [3.8, 4) is 5.75 Å². The summed E-state index contributed by atoms with van der Waals surface area (Å²) in [5, 5.41) is 28.9. The van der Waals surface area contributed by atoms with Gasteiger partial charge < -0.3 is 31.0 Å². The smallest absolute Gasteiger partial charge is 0.255 e. The Hall–Kier alpha value is -5.44. The molecular formula is C28H20N3O6-. The number of aromatic carboxylic acids is 1. The van der Waals surface area contributed by atoms with E-state index in [0.29, 0.717) is 11.1 Å². The number of hydrogen-bond acceptors (Lipinski definition) is 6. The highest BCUT2D eigenvalue weighted by Gasteiger charge is 2.16. The lowest BCUT2D eigenvalue weighted by Gasteiger charge is -2.15. The number of benzene rings is 4. The maximum Gasteiger partial charge on any atom is 0.255 e. The van der Waals surface area contributed by atoms with E-state index in [-0.39, 0.29) is 28.4 Å². The molecule has 37 heavy (non-hydrogen) atoms. The van der Waals surface area contributed by atoms with Gasteiger partial charge in [-0.05, 0) is 60.7 Å². The zero-order valence-corrected chi connectivity index (χ0v) is 19.2. The summed E-state index contributed by atoms with van der Waals surface area (Å²) in [6.45, 7) is 0. The van der Waals surface area contributed by atoms with Gasteiger partial charge in [-0.3, -0.25) is 14.4 Å². The third-order valence-electron chi connectivity index (χ3n) is 5.25. The zero-order valence-electron chi connectivity index (χ0n) is 19.2. The van der Waals surface area contributed by atoms with Crippen LogP contribution in [0.4, 0.5) is 17.1 Å². The molecule has 0 fully saturated rings. The summed E-state index contributed by atoms with van der Waals surface area (Å²) in [7, 11) is 0. The number of hydrogen-bond donors (Lipinski definition) is 4. The highest BCUT2D eigenvalue weighted by atomic mass is 16.4. The second-order valence-electron chi connectivity index (χ2n) is 7.91. The first kappa shape index (κ1) is 24.7. The van der Waals surface area contributed by atoms with Crippen molar-refractivity contribution in [2.75, 3.05) is 16.0 Å². The molecule has 0 unspecified atom stereocenters. The predicted molar refractivity (Wildman–Crippen MR) is 136 cm³/mol. The molecule has 184 valence electrons. The van der Waals surface area contributed by atoms with Gasteiger partial charge in [0.05, 0.1) is 11.7 Å². The van der Waals surface area contributed by atoms with Crippen LogP contribution in [0.1, 0.15) is 41.4 Å². The molecule has 0 saturated carbocycles. The highest BCUT2D eigenvalue weighted by Crippen LogP contribution is 2.24. The maximum absolute atomic E-state index is 13.1. The molecule has 0 saturated heterocycles. The van der Waals surface area contributed by atoms with Crippen molar-refractivity contribution in [1.82, 2.24) is 0 Å². The van der Waals surface area contributed by atoms with E-state index in [0.717, 1.165) is 6.07 Å². The van der Waals surface area contributed by atoms with Gasteiger partial charge in [0.15, 0.2) is 0 Å². The van der Waals surface area contributed by atoms with Crippen molar-refractivity contribution < 1.29 is 29.4 Å². The number of rotatable bonds is 7. The summed E-state index contributed by atoms with van der Waals surface area (Å²) in [4.78, 5) is 49.9. The number of carbonyl (C=O) groups excluding carboxylic acids is 4. The summed E-state index contributed by atoms with van der Waals surface area (Å²) < 4.78 is 0. The molecule has 3 amide bonds. The Morgan fingerprint density at radius 3 is 1.54 bits per heavy atom. The molecule has 0 heterocycles. The third-order valence-corrected chi connectivity index (χ3v) is 5.25. The number of anilines is 3. The molecule has 0 aliphatic rings. The Labute approximate surface area is 211 Å². The van der Waals surface area contributed by atoms with Crippen molar-refractivity contribution in [3.63, 3.8) is 0 Å². The number of aromatic hydroxyl groups is 1. The fourth-order valence-electron chi connectivity index (χ4n) is 3.49. The Bertz CT molecular complexity index is 1420. The van der Waals surface area contributed by atoms with Crippen LogP contribution >= 0.6 is 0 Å². The summed E-state index contributed by atoms with van der Waals surface area (Å²) in [6, 6.07) is 24.5. The van der Waals surface area contributed by atoms with E-state index in [1.807, 2.05) is 0 Å². The molecule has 0 aliphatic carbocycles. The molecule has 0 radical (unpaired) electrons. The number of nitrogens with one attached hydrogen (secondary N) is 3. The second kappa shape index (κ2) is 10.9. The monoisotopic (exact) mass is 494 g/mol. The van der Waals surface area contributed by atoms with Crippen LogP contribution in [0.25, 0.3) is 0 Å². The van der Waals surface area contributed by atoms with Crippen LogP contribution < -0.4 is 21.1 Å². The van der Waals surface area contributed by atoms with E-state index in [4.69, 9.17) is 0 Å². The number of carboxylic acids is 1. The summed E-state index contributed by atoms with van der Waals surface area (Å²) >= 11 is 0. The van der Waals surface area contributed by atoms with Crippen LogP contribution in [0.2, 0.25) is 0 Å². The molecule has 4 aromatic carbocycles. The molecule has 4 rings (SSSR count). The molecule has 0 bridgehead atoms. The largest absolute Gasteiger partial charge is 0.545 e. The van der Waals surface area contributed by atoms with E-state index in [9.17, 15) is 29.4 Å². The minimum atomic E-state index is -1.59. The van der Waals surface area contributed by atoms with Crippen molar-refractivity contribution in [2.45, 2.75) is 0 Å². The number of carboxylic acid groups (broad SMARTS) is 1. The third kappa shape index (κ3) is 6.17. The summed E-state index contributed by atoms with van der Waals surface area (Å²) in [5.74, 6) is -3.49. The first-order valence-corrected chi connectivity index (χ1v) is 11.0. The zero-order chi connectivity index (χ0) is 26.4. The van der Waals surface area contributed by atoms with Gasteiger partial charge in [-0.15, -0.1) is 0 Å². The molecule has 9 heteroatoms. The van der Waals surface area contributed by atoms with Gasteiger partial charge in [0.25, 0.3) is 17.7 Å². The van der Waals surface area contributed by atoms with Crippen LogP contribution in [0.5, 0.6) is 5.75 Å². The molecule has 0 aliphatic heterocycles. The van der Waals surface area contributed by atoms with Crippen LogP contribution in [0.3, 0.4) is 0 Å². The van der Waals surface area contributed by atoms with Crippen molar-refractivity contribution in [3.05, 3.63) is 119 Å². The Kier molecular flexibility index (Phi) is 7.25. The second-order valence-corrected chi connectivity index (χ2v) is 7.91. The Morgan fingerprint density at radius 2 is 1.05 bits per heavy atom. The lowest BCUT2D eigenvalue weighted by molar-refractivity contribution is -0.254. The number of amides is 3. The topological polar surface area (TPSA) is 148 Å². The van der Waals surface area contributed by atoms with Gasteiger partial charge in [-0.2, -0.15) is 0 Å². The lowest BCUT2D eigenvalue weighted by atomic mass is 10.1.